The van der Waals surface area contributed by atoms with Gasteiger partial charge >= 0.3 is 6.03 Å². The Morgan fingerprint density at radius 2 is 2.00 bits per heavy atom. The van der Waals surface area contributed by atoms with E-state index in [9.17, 15) is 4.79 Å². The summed E-state index contributed by atoms with van der Waals surface area (Å²) in [7, 11) is 0. The van der Waals surface area contributed by atoms with Gasteiger partial charge in [-0.3, -0.25) is 0 Å². The maximum absolute atomic E-state index is 11.8. The largest absolute Gasteiger partial charge is 0.360 e. The molecular formula is C16H15ClN4OS. The maximum atomic E-state index is 11.8. The fourth-order valence-corrected chi connectivity index (χ4v) is 3.12. The van der Waals surface area contributed by atoms with E-state index in [-0.39, 0.29) is 6.03 Å². The number of urea groups is 1. The Balaban J connectivity index is 1.43. The molecule has 0 saturated heterocycles. The number of nitrogens with one attached hydrogen (secondary N) is 3. The van der Waals surface area contributed by atoms with Gasteiger partial charge in [-0.1, -0.05) is 41.1 Å². The molecule has 0 fully saturated rings. The van der Waals surface area contributed by atoms with Gasteiger partial charge in [0.25, 0.3) is 0 Å². The Morgan fingerprint density at radius 3 is 2.83 bits per heavy atom. The summed E-state index contributed by atoms with van der Waals surface area (Å²) in [6, 6.07) is 14.7. The monoisotopic (exact) mass is 346 g/mol. The van der Waals surface area contributed by atoms with Crippen molar-refractivity contribution in [1.29, 1.82) is 0 Å². The second-order valence-electron chi connectivity index (χ2n) is 4.80. The van der Waals surface area contributed by atoms with Crippen molar-refractivity contribution in [3.05, 3.63) is 53.6 Å². The van der Waals surface area contributed by atoms with Crippen molar-refractivity contribution >= 4 is 50.0 Å². The van der Waals surface area contributed by atoms with Gasteiger partial charge in [-0.15, -0.1) is 0 Å². The quantitative estimate of drug-likeness (QED) is 0.607. The highest BCUT2D eigenvalue weighted by Crippen LogP contribution is 2.24. The lowest BCUT2D eigenvalue weighted by atomic mass is 10.3. The molecule has 5 nitrogen and oxygen atoms in total. The molecule has 23 heavy (non-hydrogen) atoms. The first-order valence-corrected chi connectivity index (χ1v) is 8.30. The van der Waals surface area contributed by atoms with Crippen molar-refractivity contribution in [1.82, 2.24) is 10.3 Å². The Bertz CT molecular complexity index is 787. The van der Waals surface area contributed by atoms with Gasteiger partial charge in [0.05, 0.1) is 10.2 Å². The van der Waals surface area contributed by atoms with Crippen LogP contribution in [0.1, 0.15) is 0 Å². The first kappa shape index (κ1) is 15.6. The fraction of sp³-hybridized carbons (Fsp3) is 0.125. The molecule has 0 atom stereocenters. The number of aromatic nitrogens is 1. The van der Waals surface area contributed by atoms with Crippen molar-refractivity contribution in [2.75, 3.05) is 23.7 Å². The highest BCUT2D eigenvalue weighted by atomic mass is 35.5. The minimum absolute atomic E-state index is 0.265. The van der Waals surface area contributed by atoms with Crippen LogP contribution >= 0.6 is 22.9 Å². The average molecular weight is 347 g/mol. The number of amides is 2. The van der Waals surface area contributed by atoms with E-state index in [1.165, 1.54) is 0 Å². The van der Waals surface area contributed by atoms with Gasteiger partial charge in [0, 0.05) is 23.8 Å². The van der Waals surface area contributed by atoms with Crippen LogP contribution in [0.5, 0.6) is 0 Å². The van der Waals surface area contributed by atoms with E-state index in [1.54, 1.807) is 35.6 Å². The first-order chi connectivity index (χ1) is 11.2. The van der Waals surface area contributed by atoms with Gasteiger partial charge in [0.15, 0.2) is 5.13 Å². The third-order valence-electron chi connectivity index (χ3n) is 3.06. The number of para-hydroxylation sites is 1. The molecule has 0 aliphatic heterocycles. The molecule has 1 aromatic heterocycles. The summed E-state index contributed by atoms with van der Waals surface area (Å²) in [5, 5.41) is 10.1. The van der Waals surface area contributed by atoms with Crippen molar-refractivity contribution in [2.45, 2.75) is 0 Å². The predicted molar refractivity (Wildman–Crippen MR) is 96.6 cm³/mol. The molecule has 118 valence electrons. The molecule has 7 heteroatoms. The molecule has 0 aliphatic carbocycles. The lowest BCUT2D eigenvalue weighted by Crippen LogP contribution is -2.32. The number of hydrogen-bond acceptors (Lipinski definition) is 4. The normalized spacial score (nSPS) is 10.5. The van der Waals surface area contributed by atoms with Crippen LogP contribution < -0.4 is 16.0 Å². The topological polar surface area (TPSA) is 66.0 Å². The third-order valence-corrected chi connectivity index (χ3v) is 4.29. The number of anilines is 2. The van der Waals surface area contributed by atoms with Crippen LogP contribution in [-0.2, 0) is 0 Å². The van der Waals surface area contributed by atoms with E-state index in [4.69, 9.17) is 11.6 Å². The van der Waals surface area contributed by atoms with Crippen molar-refractivity contribution in [3.63, 3.8) is 0 Å². The molecule has 0 unspecified atom stereocenters. The highest BCUT2D eigenvalue weighted by Gasteiger charge is 2.03. The molecule has 3 N–H and O–H groups in total. The van der Waals surface area contributed by atoms with Crippen LogP contribution in [0.4, 0.5) is 15.6 Å². The van der Waals surface area contributed by atoms with E-state index < -0.39 is 0 Å². The van der Waals surface area contributed by atoms with Crippen molar-refractivity contribution in [2.24, 2.45) is 0 Å². The van der Waals surface area contributed by atoms with Crippen LogP contribution in [0.2, 0.25) is 5.02 Å². The molecule has 1 heterocycles. The average Bonchev–Trinajstić information content (AvgIpc) is 2.94. The van der Waals surface area contributed by atoms with Crippen LogP contribution in [-0.4, -0.2) is 24.1 Å². The number of carbonyl (C=O) groups excluding carboxylic acids is 1. The minimum Gasteiger partial charge on any atom is -0.360 e. The number of hydrogen-bond donors (Lipinski definition) is 3. The zero-order valence-electron chi connectivity index (χ0n) is 12.2. The van der Waals surface area contributed by atoms with E-state index in [0.717, 1.165) is 15.3 Å². The number of fused-ring (bicyclic) bond motifs is 1. The number of nitrogens with zero attached hydrogens (tertiary/aromatic N) is 1. The van der Waals surface area contributed by atoms with Crippen LogP contribution in [0.3, 0.4) is 0 Å². The summed E-state index contributed by atoms with van der Waals surface area (Å²) in [5.41, 5.74) is 1.64. The molecule has 0 spiro atoms. The molecule has 3 aromatic rings. The van der Waals surface area contributed by atoms with Gasteiger partial charge in [-0.25, -0.2) is 9.78 Å². The molecule has 2 aromatic carbocycles. The lowest BCUT2D eigenvalue weighted by Gasteiger charge is -2.08. The zero-order chi connectivity index (χ0) is 16.1. The van der Waals surface area contributed by atoms with Crippen LogP contribution in [0.15, 0.2) is 48.5 Å². The lowest BCUT2D eigenvalue weighted by molar-refractivity contribution is 0.252. The summed E-state index contributed by atoms with van der Waals surface area (Å²) >= 11 is 7.46. The second-order valence-corrected chi connectivity index (χ2v) is 6.27. The minimum atomic E-state index is -0.265. The van der Waals surface area contributed by atoms with Gasteiger partial charge in [0.2, 0.25) is 0 Å². The standard InChI is InChI=1S/C16H15ClN4OS/c17-11-4-3-5-12(10-11)20-15(22)18-8-9-19-16-21-13-6-1-2-7-14(13)23-16/h1-7,10H,8-9H2,(H,19,21)(H2,18,20,22). The summed E-state index contributed by atoms with van der Waals surface area (Å²) < 4.78 is 1.14. The first-order valence-electron chi connectivity index (χ1n) is 7.10. The van der Waals surface area contributed by atoms with E-state index >= 15 is 0 Å². The Labute approximate surface area is 142 Å². The van der Waals surface area contributed by atoms with E-state index in [1.807, 2.05) is 24.3 Å². The SMILES string of the molecule is O=C(NCCNc1nc2ccccc2s1)Nc1cccc(Cl)c1. The predicted octanol–water partition coefficient (Wildman–Crippen LogP) is 4.18. The Kier molecular flexibility index (Phi) is 4.95. The maximum Gasteiger partial charge on any atom is 0.319 e. The van der Waals surface area contributed by atoms with Gasteiger partial charge in [-0.05, 0) is 30.3 Å². The fourth-order valence-electron chi connectivity index (χ4n) is 2.03. The van der Waals surface area contributed by atoms with Gasteiger partial charge < -0.3 is 16.0 Å². The Hall–Kier alpha value is -2.31. The molecule has 0 aliphatic rings. The smallest absolute Gasteiger partial charge is 0.319 e. The zero-order valence-corrected chi connectivity index (χ0v) is 13.7. The van der Waals surface area contributed by atoms with Crippen LogP contribution in [0.25, 0.3) is 10.2 Å². The molecule has 0 radical (unpaired) electrons. The third kappa shape index (κ3) is 4.34. The number of thiazole rings is 1. The number of halogens is 1. The number of benzene rings is 2. The van der Waals surface area contributed by atoms with Crippen LogP contribution in [0, 0.1) is 0 Å². The van der Waals surface area contributed by atoms with Crippen molar-refractivity contribution in [3.8, 4) is 0 Å². The van der Waals surface area contributed by atoms with Gasteiger partial charge in [0.1, 0.15) is 0 Å². The molecule has 3 rings (SSSR count). The summed E-state index contributed by atoms with van der Waals surface area (Å²) in [6.45, 7) is 1.09. The Morgan fingerprint density at radius 1 is 1.13 bits per heavy atom. The van der Waals surface area contributed by atoms with E-state index in [2.05, 4.69) is 20.9 Å². The summed E-state index contributed by atoms with van der Waals surface area (Å²) in [4.78, 5) is 16.2. The van der Waals surface area contributed by atoms with Gasteiger partial charge in [-0.2, -0.15) is 0 Å². The summed E-state index contributed by atoms with van der Waals surface area (Å²) in [6.07, 6.45) is 0. The molecule has 0 bridgehead atoms. The molecule has 0 saturated carbocycles. The molecular weight excluding hydrogens is 332 g/mol. The van der Waals surface area contributed by atoms with Crippen molar-refractivity contribution < 1.29 is 4.79 Å². The van der Waals surface area contributed by atoms with E-state index in [0.29, 0.717) is 23.8 Å². The highest BCUT2D eigenvalue weighted by molar-refractivity contribution is 7.22. The number of rotatable bonds is 5. The second kappa shape index (κ2) is 7.30. The number of carbonyl (C=O) groups is 1. The molecule has 2 amide bonds. The summed E-state index contributed by atoms with van der Waals surface area (Å²) in [5.74, 6) is 0.